The van der Waals surface area contributed by atoms with E-state index in [1.807, 2.05) is 26.0 Å². The van der Waals surface area contributed by atoms with Gasteiger partial charge in [-0.05, 0) is 49.3 Å². The van der Waals surface area contributed by atoms with Crippen molar-refractivity contribution in [2.75, 3.05) is 0 Å². The molecule has 0 fully saturated rings. The number of aliphatic hydroxyl groups is 1. The molecule has 1 N–H and O–H groups in total. The second-order valence-corrected chi connectivity index (χ2v) is 5.80. The first-order valence-corrected chi connectivity index (χ1v) is 6.74. The molecule has 0 radical (unpaired) electrons. The number of carbonyl (C=O) groups is 1. The van der Waals surface area contributed by atoms with E-state index in [-0.39, 0.29) is 11.5 Å². The molecule has 0 spiro atoms. The molecule has 0 aromatic carbocycles. The predicted molar refractivity (Wildman–Crippen MR) is 79.8 cm³/mol. The molecule has 19 heavy (non-hydrogen) atoms. The molecule has 0 aliphatic heterocycles. The molecule has 104 valence electrons. The second-order valence-electron chi connectivity index (χ2n) is 5.80. The predicted octanol–water partition coefficient (Wildman–Crippen LogP) is 3.74. The molecule has 1 unspecified atom stereocenters. The van der Waals surface area contributed by atoms with Crippen molar-refractivity contribution in [3.05, 3.63) is 47.1 Å². The standard InChI is InChI=1S/C17H24O2/c1-13(7-5-6-12-18)8-9-15-14(2)16(19)10-11-17(15,3)4/h5-9,12,16,19H,10-11H2,1-4H3. The Kier molecular flexibility index (Phi) is 5.49. The third-order valence-electron chi connectivity index (χ3n) is 3.76. The topological polar surface area (TPSA) is 37.3 Å². The number of allylic oxidation sites excluding steroid dienone is 7. The van der Waals surface area contributed by atoms with Crippen LogP contribution in [0.1, 0.15) is 40.5 Å². The summed E-state index contributed by atoms with van der Waals surface area (Å²) in [6, 6.07) is 0. The van der Waals surface area contributed by atoms with Gasteiger partial charge in [0.2, 0.25) is 0 Å². The number of aldehydes is 1. The summed E-state index contributed by atoms with van der Waals surface area (Å²) in [6.45, 7) is 8.44. The van der Waals surface area contributed by atoms with Crippen molar-refractivity contribution >= 4 is 6.29 Å². The van der Waals surface area contributed by atoms with Gasteiger partial charge < -0.3 is 5.11 Å². The van der Waals surface area contributed by atoms with Gasteiger partial charge in [0.1, 0.15) is 6.29 Å². The van der Waals surface area contributed by atoms with Gasteiger partial charge in [0, 0.05) is 0 Å². The summed E-state index contributed by atoms with van der Waals surface area (Å²) < 4.78 is 0. The zero-order valence-electron chi connectivity index (χ0n) is 12.3. The average molecular weight is 260 g/mol. The lowest BCUT2D eigenvalue weighted by Gasteiger charge is -2.35. The van der Waals surface area contributed by atoms with E-state index >= 15 is 0 Å². The SMILES string of the molecule is CC(C=CC1=C(C)C(O)CCC1(C)C)=CC=CC=O. The molecule has 0 heterocycles. The van der Waals surface area contributed by atoms with Crippen LogP contribution in [0.15, 0.2) is 47.1 Å². The van der Waals surface area contributed by atoms with Crippen molar-refractivity contribution in [2.45, 2.75) is 46.6 Å². The first-order valence-electron chi connectivity index (χ1n) is 6.74. The van der Waals surface area contributed by atoms with Crippen LogP contribution in [0.25, 0.3) is 0 Å². The molecule has 0 saturated carbocycles. The van der Waals surface area contributed by atoms with Crippen LogP contribution < -0.4 is 0 Å². The highest BCUT2D eigenvalue weighted by Crippen LogP contribution is 2.40. The van der Waals surface area contributed by atoms with Crippen molar-refractivity contribution in [3.63, 3.8) is 0 Å². The highest BCUT2D eigenvalue weighted by Gasteiger charge is 2.30. The minimum Gasteiger partial charge on any atom is -0.389 e. The van der Waals surface area contributed by atoms with E-state index in [1.54, 1.807) is 6.08 Å². The van der Waals surface area contributed by atoms with Gasteiger partial charge in [-0.1, -0.05) is 43.7 Å². The van der Waals surface area contributed by atoms with Gasteiger partial charge in [-0.15, -0.1) is 0 Å². The number of carbonyl (C=O) groups excluding carboxylic acids is 1. The van der Waals surface area contributed by atoms with Gasteiger partial charge in [0.15, 0.2) is 0 Å². The zero-order valence-corrected chi connectivity index (χ0v) is 12.3. The summed E-state index contributed by atoms with van der Waals surface area (Å²) in [5, 5.41) is 9.96. The maximum absolute atomic E-state index is 10.2. The fourth-order valence-corrected chi connectivity index (χ4v) is 2.44. The minimum absolute atomic E-state index is 0.110. The summed E-state index contributed by atoms with van der Waals surface area (Å²) in [4.78, 5) is 10.2. The van der Waals surface area contributed by atoms with Gasteiger partial charge >= 0.3 is 0 Å². The summed E-state index contributed by atoms with van der Waals surface area (Å²) in [7, 11) is 0. The number of hydrogen-bond acceptors (Lipinski definition) is 2. The Morgan fingerprint density at radius 1 is 1.37 bits per heavy atom. The molecule has 0 saturated heterocycles. The molecule has 0 aromatic rings. The fraction of sp³-hybridized carbons (Fsp3) is 0.471. The van der Waals surface area contributed by atoms with Gasteiger partial charge in [-0.3, -0.25) is 4.79 Å². The minimum atomic E-state index is -0.313. The van der Waals surface area contributed by atoms with Crippen LogP contribution in [0.2, 0.25) is 0 Å². The number of rotatable bonds is 4. The smallest absolute Gasteiger partial charge is 0.142 e. The normalized spacial score (nSPS) is 24.5. The van der Waals surface area contributed by atoms with Crippen LogP contribution in [0, 0.1) is 5.41 Å². The monoisotopic (exact) mass is 260 g/mol. The van der Waals surface area contributed by atoms with Gasteiger partial charge in [-0.2, -0.15) is 0 Å². The van der Waals surface area contributed by atoms with Gasteiger partial charge in [0.25, 0.3) is 0 Å². The fourth-order valence-electron chi connectivity index (χ4n) is 2.44. The average Bonchev–Trinajstić information content (AvgIpc) is 2.34. The highest BCUT2D eigenvalue weighted by molar-refractivity contribution is 5.65. The molecule has 2 nitrogen and oxygen atoms in total. The summed E-state index contributed by atoms with van der Waals surface area (Å²) in [5.41, 5.74) is 3.48. The number of hydrogen-bond donors (Lipinski definition) is 1. The van der Waals surface area contributed by atoms with E-state index in [0.717, 1.165) is 30.3 Å². The van der Waals surface area contributed by atoms with Crippen molar-refractivity contribution in [1.82, 2.24) is 0 Å². The second kappa shape index (κ2) is 6.67. The molecule has 0 amide bonds. The molecule has 1 aliphatic rings. The third kappa shape index (κ3) is 4.32. The van der Waals surface area contributed by atoms with E-state index in [9.17, 15) is 9.90 Å². The molecule has 2 heteroatoms. The highest BCUT2D eigenvalue weighted by atomic mass is 16.3. The van der Waals surface area contributed by atoms with Crippen molar-refractivity contribution in [3.8, 4) is 0 Å². The van der Waals surface area contributed by atoms with Crippen LogP contribution in [-0.2, 0) is 4.79 Å². The summed E-state index contributed by atoms with van der Waals surface area (Å²) >= 11 is 0. The van der Waals surface area contributed by atoms with Crippen LogP contribution in [-0.4, -0.2) is 17.5 Å². The zero-order chi connectivity index (χ0) is 14.5. The van der Waals surface area contributed by atoms with E-state index in [4.69, 9.17) is 0 Å². The molecule has 0 aromatic heterocycles. The Hall–Kier alpha value is -1.41. The summed E-state index contributed by atoms with van der Waals surface area (Å²) in [6.07, 6.45) is 11.5. The molecule has 1 rings (SSSR count). The van der Waals surface area contributed by atoms with Crippen molar-refractivity contribution < 1.29 is 9.90 Å². The van der Waals surface area contributed by atoms with E-state index in [2.05, 4.69) is 19.9 Å². The van der Waals surface area contributed by atoms with E-state index < -0.39 is 0 Å². The maximum atomic E-state index is 10.2. The molecule has 1 atom stereocenters. The van der Waals surface area contributed by atoms with Crippen LogP contribution in [0.3, 0.4) is 0 Å². The number of aliphatic hydroxyl groups excluding tert-OH is 1. The Morgan fingerprint density at radius 3 is 2.68 bits per heavy atom. The van der Waals surface area contributed by atoms with Crippen molar-refractivity contribution in [2.24, 2.45) is 5.41 Å². The Labute approximate surface area is 116 Å². The molecular formula is C17H24O2. The lowest BCUT2D eigenvalue weighted by atomic mass is 9.71. The van der Waals surface area contributed by atoms with Crippen LogP contribution in [0.5, 0.6) is 0 Å². The van der Waals surface area contributed by atoms with Gasteiger partial charge in [0.05, 0.1) is 6.10 Å². The Bertz CT molecular complexity index is 448. The lowest BCUT2D eigenvalue weighted by Crippen LogP contribution is -2.27. The molecular weight excluding hydrogens is 236 g/mol. The Balaban J connectivity index is 2.95. The van der Waals surface area contributed by atoms with Crippen LogP contribution >= 0.6 is 0 Å². The van der Waals surface area contributed by atoms with Gasteiger partial charge in [-0.25, -0.2) is 0 Å². The molecule has 1 aliphatic carbocycles. The summed E-state index contributed by atoms with van der Waals surface area (Å²) in [5.74, 6) is 0. The Morgan fingerprint density at radius 2 is 2.05 bits per heavy atom. The third-order valence-corrected chi connectivity index (χ3v) is 3.76. The van der Waals surface area contributed by atoms with Crippen molar-refractivity contribution in [1.29, 1.82) is 0 Å². The largest absolute Gasteiger partial charge is 0.389 e. The maximum Gasteiger partial charge on any atom is 0.142 e. The first-order chi connectivity index (χ1) is 8.88. The quantitative estimate of drug-likeness (QED) is 0.475. The molecule has 0 bridgehead atoms. The lowest BCUT2D eigenvalue weighted by molar-refractivity contribution is -0.104. The first kappa shape index (κ1) is 15.6. The van der Waals surface area contributed by atoms with E-state index in [1.165, 1.54) is 11.6 Å². The van der Waals surface area contributed by atoms with E-state index in [0.29, 0.717) is 0 Å². The van der Waals surface area contributed by atoms with Crippen LogP contribution in [0.4, 0.5) is 0 Å².